The SMILES string of the molecule is Cc1ccc(-c2ccc3c(c2)C24CCCC[C@@H]2[C@@H](C3)N(C(=O)OCc2ccccc2)CC4)cc1. The van der Waals surface area contributed by atoms with Crippen molar-refractivity contribution < 1.29 is 9.53 Å². The molecule has 2 bridgehead atoms. The van der Waals surface area contributed by atoms with Crippen molar-refractivity contribution in [2.45, 2.75) is 63.5 Å². The Morgan fingerprint density at radius 2 is 1.76 bits per heavy atom. The molecule has 3 aliphatic rings. The molecular weight excluding hydrogens is 418 g/mol. The summed E-state index contributed by atoms with van der Waals surface area (Å²) in [5.41, 5.74) is 8.14. The second-order valence-corrected chi connectivity index (χ2v) is 10.5. The van der Waals surface area contributed by atoms with E-state index in [0.717, 1.165) is 24.9 Å². The van der Waals surface area contributed by atoms with Gasteiger partial charge in [-0.25, -0.2) is 4.79 Å². The van der Waals surface area contributed by atoms with E-state index in [9.17, 15) is 4.79 Å². The lowest BCUT2D eigenvalue weighted by Crippen LogP contribution is -2.62. The molecular formula is C31H33NO2. The van der Waals surface area contributed by atoms with E-state index in [1.165, 1.54) is 47.9 Å². The monoisotopic (exact) mass is 451 g/mol. The topological polar surface area (TPSA) is 29.5 Å². The quantitative estimate of drug-likeness (QED) is 0.427. The Kier molecular flexibility index (Phi) is 5.44. The van der Waals surface area contributed by atoms with Crippen molar-refractivity contribution in [1.82, 2.24) is 4.90 Å². The van der Waals surface area contributed by atoms with Gasteiger partial charge in [0.15, 0.2) is 0 Å². The van der Waals surface area contributed by atoms with Crippen molar-refractivity contribution >= 4 is 6.09 Å². The van der Waals surface area contributed by atoms with Crippen LogP contribution in [0.5, 0.6) is 0 Å². The van der Waals surface area contributed by atoms with Gasteiger partial charge in [0.1, 0.15) is 6.61 Å². The van der Waals surface area contributed by atoms with Gasteiger partial charge in [-0.1, -0.05) is 91.2 Å². The van der Waals surface area contributed by atoms with Crippen molar-refractivity contribution in [3.8, 4) is 11.1 Å². The molecule has 2 fully saturated rings. The summed E-state index contributed by atoms with van der Waals surface area (Å²) >= 11 is 0. The van der Waals surface area contributed by atoms with E-state index in [1.807, 2.05) is 30.3 Å². The first-order chi connectivity index (χ1) is 16.6. The molecule has 1 saturated carbocycles. The summed E-state index contributed by atoms with van der Waals surface area (Å²) < 4.78 is 5.80. The standard InChI is InChI=1S/C31H33NO2/c1-22-10-12-24(13-11-22)25-14-15-26-20-29-27-9-5-6-16-31(27,28(26)19-25)17-18-32(29)30(33)34-21-23-7-3-2-4-8-23/h2-4,7-8,10-15,19,27,29H,5-6,9,16-18,20-21H2,1H3/t27-,29-,31?/m1/s1. The first-order valence-corrected chi connectivity index (χ1v) is 12.8. The number of fused-ring (bicyclic) bond motifs is 1. The molecule has 1 heterocycles. The first kappa shape index (κ1) is 21.5. The maximum absolute atomic E-state index is 13.2. The van der Waals surface area contributed by atoms with Gasteiger partial charge < -0.3 is 9.64 Å². The second kappa shape index (κ2) is 8.61. The molecule has 0 radical (unpaired) electrons. The van der Waals surface area contributed by atoms with Gasteiger partial charge in [0.2, 0.25) is 0 Å². The molecule has 3 aromatic carbocycles. The van der Waals surface area contributed by atoms with E-state index >= 15 is 0 Å². The molecule has 0 N–H and O–H groups in total. The third-order valence-corrected chi connectivity index (χ3v) is 8.66. The molecule has 6 rings (SSSR count). The Labute approximate surface area is 202 Å². The molecule has 3 nitrogen and oxygen atoms in total. The highest BCUT2D eigenvalue weighted by Crippen LogP contribution is 2.56. The predicted molar refractivity (Wildman–Crippen MR) is 136 cm³/mol. The molecule has 3 heteroatoms. The molecule has 2 aliphatic carbocycles. The molecule has 34 heavy (non-hydrogen) atoms. The van der Waals surface area contributed by atoms with E-state index in [2.05, 4.69) is 54.3 Å². The number of rotatable bonds is 3. The number of nitrogens with zero attached hydrogens (tertiary/aromatic N) is 1. The van der Waals surface area contributed by atoms with E-state index in [4.69, 9.17) is 4.74 Å². The Morgan fingerprint density at radius 3 is 2.59 bits per heavy atom. The number of piperidine rings is 1. The van der Waals surface area contributed by atoms with Crippen LogP contribution >= 0.6 is 0 Å². The fraction of sp³-hybridized carbons (Fsp3) is 0.387. The summed E-state index contributed by atoms with van der Waals surface area (Å²) in [6, 6.07) is 26.2. The molecule has 0 aromatic heterocycles. The molecule has 0 spiro atoms. The van der Waals surface area contributed by atoms with Crippen LogP contribution in [0.25, 0.3) is 11.1 Å². The van der Waals surface area contributed by atoms with E-state index in [1.54, 1.807) is 5.56 Å². The molecule has 3 atom stereocenters. The molecule has 3 aromatic rings. The Balaban J connectivity index is 1.30. The summed E-state index contributed by atoms with van der Waals surface area (Å²) in [6.07, 6.45) is 6.84. The summed E-state index contributed by atoms with van der Waals surface area (Å²) in [4.78, 5) is 15.3. The number of carbonyl (C=O) groups is 1. The number of benzene rings is 3. The fourth-order valence-corrected chi connectivity index (χ4v) is 6.96. The van der Waals surface area contributed by atoms with Crippen LogP contribution in [0.3, 0.4) is 0 Å². The number of hydrogen-bond donors (Lipinski definition) is 0. The molecule has 1 amide bonds. The van der Waals surface area contributed by atoms with Crippen molar-refractivity contribution in [2.24, 2.45) is 5.92 Å². The first-order valence-electron chi connectivity index (χ1n) is 12.8. The van der Waals surface area contributed by atoms with Gasteiger partial charge in [-0.15, -0.1) is 0 Å². The molecule has 1 unspecified atom stereocenters. The van der Waals surface area contributed by atoms with Crippen LogP contribution in [-0.2, 0) is 23.2 Å². The number of hydrogen-bond acceptors (Lipinski definition) is 2. The van der Waals surface area contributed by atoms with Crippen LogP contribution in [-0.4, -0.2) is 23.6 Å². The number of amides is 1. The minimum atomic E-state index is -0.146. The van der Waals surface area contributed by atoms with Crippen molar-refractivity contribution in [3.63, 3.8) is 0 Å². The fourth-order valence-electron chi connectivity index (χ4n) is 6.96. The van der Waals surface area contributed by atoms with Gasteiger partial charge in [-0.2, -0.15) is 0 Å². The summed E-state index contributed by atoms with van der Waals surface area (Å²) in [5, 5.41) is 0. The van der Waals surface area contributed by atoms with Crippen LogP contribution in [0.1, 0.15) is 54.4 Å². The zero-order valence-corrected chi connectivity index (χ0v) is 20.0. The van der Waals surface area contributed by atoms with Crippen LogP contribution in [0.2, 0.25) is 0 Å². The Hall–Kier alpha value is -3.07. The average Bonchev–Trinajstić information content (AvgIpc) is 2.88. The number of aryl methyl sites for hydroxylation is 1. The largest absolute Gasteiger partial charge is 0.445 e. The van der Waals surface area contributed by atoms with Crippen LogP contribution < -0.4 is 0 Å². The van der Waals surface area contributed by atoms with Gasteiger partial charge in [-0.05, 0) is 66.3 Å². The second-order valence-electron chi connectivity index (χ2n) is 10.5. The minimum Gasteiger partial charge on any atom is -0.445 e. The lowest BCUT2D eigenvalue weighted by Gasteiger charge is -2.58. The highest BCUT2D eigenvalue weighted by Gasteiger charge is 2.55. The normalized spacial score (nSPS) is 25.3. The van der Waals surface area contributed by atoms with Gasteiger partial charge in [-0.3, -0.25) is 0 Å². The number of ether oxygens (including phenoxy) is 1. The molecule has 1 saturated heterocycles. The lowest BCUT2D eigenvalue weighted by atomic mass is 9.52. The summed E-state index contributed by atoms with van der Waals surface area (Å²) in [5.74, 6) is 0.528. The van der Waals surface area contributed by atoms with Crippen LogP contribution in [0.4, 0.5) is 4.79 Å². The van der Waals surface area contributed by atoms with E-state index in [-0.39, 0.29) is 17.6 Å². The predicted octanol–water partition coefficient (Wildman–Crippen LogP) is 7.06. The number of carbonyl (C=O) groups excluding carboxylic acids is 1. The lowest BCUT2D eigenvalue weighted by molar-refractivity contribution is -0.0136. The Morgan fingerprint density at radius 1 is 0.971 bits per heavy atom. The Bertz CT molecular complexity index is 1190. The van der Waals surface area contributed by atoms with Crippen molar-refractivity contribution in [1.29, 1.82) is 0 Å². The highest BCUT2D eigenvalue weighted by atomic mass is 16.6. The van der Waals surface area contributed by atoms with Gasteiger partial charge in [0, 0.05) is 18.0 Å². The van der Waals surface area contributed by atoms with E-state index < -0.39 is 0 Å². The average molecular weight is 452 g/mol. The van der Waals surface area contributed by atoms with E-state index in [0.29, 0.717) is 12.5 Å². The van der Waals surface area contributed by atoms with Crippen LogP contribution in [0.15, 0.2) is 72.8 Å². The maximum Gasteiger partial charge on any atom is 0.410 e. The molecule has 1 aliphatic heterocycles. The smallest absolute Gasteiger partial charge is 0.410 e. The van der Waals surface area contributed by atoms with Gasteiger partial charge in [0.25, 0.3) is 0 Å². The summed E-state index contributed by atoms with van der Waals surface area (Å²) in [6.45, 7) is 3.28. The molecule has 174 valence electrons. The van der Waals surface area contributed by atoms with Crippen molar-refractivity contribution in [3.05, 3.63) is 95.1 Å². The third kappa shape index (κ3) is 3.62. The van der Waals surface area contributed by atoms with Crippen molar-refractivity contribution in [2.75, 3.05) is 6.54 Å². The minimum absolute atomic E-state index is 0.146. The van der Waals surface area contributed by atoms with Gasteiger partial charge in [0.05, 0.1) is 0 Å². The van der Waals surface area contributed by atoms with Gasteiger partial charge >= 0.3 is 6.09 Å². The third-order valence-electron chi connectivity index (χ3n) is 8.66. The number of likely N-dealkylation sites (tertiary alicyclic amines) is 1. The zero-order valence-electron chi connectivity index (χ0n) is 20.0. The highest BCUT2D eigenvalue weighted by molar-refractivity contribution is 5.70. The zero-order chi connectivity index (χ0) is 23.1. The maximum atomic E-state index is 13.2. The summed E-state index contributed by atoms with van der Waals surface area (Å²) in [7, 11) is 0. The van der Waals surface area contributed by atoms with Crippen LogP contribution in [0, 0.1) is 12.8 Å².